The van der Waals surface area contributed by atoms with Gasteiger partial charge < -0.3 is 14.9 Å². The van der Waals surface area contributed by atoms with Crippen LogP contribution in [0.1, 0.15) is 20.7 Å². The van der Waals surface area contributed by atoms with Gasteiger partial charge in [0.2, 0.25) is 0 Å². The molecule has 0 saturated carbocycles. The van der Waals surface area contributed by atoms with E-state index >= 15 is 0 Å². The Morgan fingerprint density at radius 2 is 1.40 bits per heavy atom. The van der Waals surface area contributed by atoms with E-state index in [0.717, 1.165) is 11.1 Å². The summed E-state index contributed by atoms with van der Waals surface area (Å²) in [6, 6.07) is 24.4. The molecule has 5 rings (SSSR count). The highest BCUT2D eigenvalue weighted by Gasteiger charge is 2.39. The molecule has 2 heterocycles. The summed E-state index contributed by atoms with van der Waals surface area (Å²) < 4.78 is 0. The van der Waals surface area contributed by atoms with Crippen molar-refractivity contribution in [1.82, 2.24) is 14.7 Å². The lowest BCUT2D eigenvalue weighted by atomic mass is 9.98. The standard InChI is InChI=1S/C28H28ClN3O3/c29-22-12-10-21(11-13-22)27(34)32-18-25(26(33)19-32)30-14-16-31(17-15-30)28(35)24-9-5-4-8-23(24)20-6-2-1-3-7-20/h1-13,25-26,33H,14-19H2/t25-,26-/m0/s1. The lowest BCUT2D eigenvalue weighted by Gasteiger charge is -2.39. The molecule has 6 nitrogen and oxygen atoms in total. The molecule has 0 aromatic heterocycles. The molecule has 2 aliphatic rings. The number of amides is 2. The van der Waals surface area contributed by atoms with Gasteiger partial charge in [-0.3, -0.25) is 14.5 Å². The number of benzene rings is 3. The molecule has 2 fully saturated rings. The fourth-order valence-electron chi connectivity index (χ4n) is 5.04. The molecule has 3 aromatic carbocycles. The van der Waals surface area contributed by atoms with Gasteiger partial charge in [-0.2, -0.15) is 0 Å². The zero-order valence-electron chi connectivity index (χ0n) is 19.4. The van der Waals surface area contributed by atoms with Crippen LogP contribution in [0.2, 0.25) is 5.02 Å². The maximum Gasteiger partial charge on any atom is 0.254 e. The minimum absolute atomic E-state index is 0.0237. The second-order valence-corrected chi connectivity index (χ2v) is 9.53. The lowest BCUT2D eigenvalue weighted by Crippen LogP contribution is -2.55. The van der Waals surface area contributed by atoms with Gasteiger partial charge in [0.05, 0.1) is 12.1 Å². The molecule has 180 valence electrons. The van der Waals surface area contributed by atoms with E-state index in [1.54, 1.807) is 29.2 Å². The number of β-amino-alcohol motifs (C(OH)–C–C–N with tert-alkyl or cyclic N) is 1. The molecule has 2 amide bonds. The summed E-state index contributed by atoms with van der Waals surface area (Å²) in [4.78, 5) is 32.1. The Kier molecular flexibility index (Phi) is 6.86. The monoisotopic (exact) mass is 489 g/mol. The maximum absolute atomic E-state index is 13.4. The van der Waals surface area contributed by atoms with Crippen molar-refractivity contribution in [3.05, 3.63) is 95.0 Å². The van der Waals surface area contributed by atoms with Crippen molar-refractivity contribution in [2.45, 2.75) is 12.1 Å². The van der Waals surface area contributed by atoms with Crippen LogP contribution in [0.4, 0.5) is 0 Å². The Morgan fingerprint density at radius 3 is 2.11 bits per heavy atom. The first-order valence-corrected chi connectivity index (χ1v) is 12.3. The van der Waals surface area contributed by atoms with Crippen LogP contribution in [0.3, 0.4) is 0 Å². The second-order valence-electron chi connectivity index (χ2n) is 9.09. The summed E-state index contributed by atoms with van der Waals surface area (Å²) in [7, 11) is 0. The largest absolute Gasteiger partial charge is 0.390 e. The van der Waals surface area contributed by atoms with Crippen LogP contribution >= 0.6 is 11.6 Å². The normalized spacial score (nSPS) is 20.7. The van der Waals surface area contributed by atoms with Gasteiger partial charge in [0, 0.05) is 55.4 Å². The topological polar surface area (TPSA) is 64.1 Å². The van der Waals surface area contributed by atoms with Gasteiger partial charge >= 0.3 is 0 Å². The molecule has 0 radical (unpaired) electrons. The number of piperazine rings is 1. The summed E-state index contributed by atoms with van der Waals surface area (Å²) in [6.45, 7) is 3.24. The highest BCUT2D eigenvalue weighted by Crippen LogP contribution is 2.26. The number of likely N-dealkylation sites (tertiary alicyclic amines) is 1. The molecule has 0 bridgehead atoms. The van der Waals surface area contributed by atoms with Gasteiger partial charge in [-0.1, -0.05) is 60.1 Å². The Hall–Kier alpha value is -3.19. The predicted molar refractivity (Wildman–Crippen MR) is 137 cm³/mol. The van der Waals surface area contributed by atoms with E-state index in [0.29, 0.717) is 55.4 Å². The second kappa shape index (κ2) is 10.2. The Bertz CT molecular complexity index is 1190. The molecule has 0 unspecified atom stereocenters. The van der Waals surface area contributed by atoms with Gasteiger partial charge in [-0.15, -0.1) is 0 Å². The highest BCUT2D eigenvalue weighted by molar-refractivity contribution is 6.30. The van der Waals surface area contributed by atoms with Crippen molar-refractivity contribution in [3.8, 4) is 11.1 Å². The number of rotatable bonds is 4. The molecule has 3 aromatic rings. The highest BCUT2D eigenvalue weighted by atomic mass is 35.5. The van der Waals surface area contributed by atoms with Gasteiger partial charge in [-0.25, -0.2) is 0 Å². The minimum atomic E-state index is -0.618. The average Bonchev–Trinajstić information content (AvgIpc) is 3.30. The number of hydrogen-bond acceptors (Lipinski definition) is 4. The number of halogens is 1. The van der Waals surface area contributed by atoms with Gasteiger partial charge in [0.25, 0.3) is 11.8 Å². The molecule has 1 N–H and O–H groups in total. The van der Waals surface area contributed by atoms with Crippen LogP contribution in [0.25, 0.3) is 11.1 Å². The first-order valence-electron chi connectivity index (χ1n) is 11.9. The van der Waals surface area contributed by atoms with E-state index < -0.39 is 6.10 Å². The molecule has 0 aliphatic carbocycles. The third-order valence-corrected chi connectivity index (χ3v) is 7.20. The van der Waals surface area contributed by atoms with Crippen molar-refractivity contribution in [3.63, 3.8) is 0 Å². The molecule has 2 saturated heterocycles. The van der Waals surface area contributed by atoms with Crippen LogP contribution in [-0.4, -0.2) is 83.0 Å². The van der Waals surface area contributed by atoms with Gasteiger partial charge in [0.15, 0.2) is 0 Å². The fraction of sp³-hybridized carbons (Fsp3) is 0.286. The van der Waals surface area contributed by atoms with E-state index in [1.165, 1.54) is 0 Å². The number of aliphatic hydroxyl groups is 1. The first-order chi connectivity index (χ1) is 17.0. The van der Waals surface area contributed by atoms with Crippen LogP contribution in [-0.2, 0) is 0 Å². The summed E-state index contributed by atoms with van der Waals surface area (Å²) in [5, 5.41) is 11.3. The molecule has 2 aliphatic heterocycles. The summed E-state index contributed by atoms with van der Waals surface area (Å²) >= 11 is 5.94. The van der Waals surface area contributed by atoms with Crippen molar-refractivity contribution >= 4 is 23.4 Å². The number of nitrogens with zero attached hydrogens (tertiary/aromatic N) is 3. The third kappa shape index (κ3) is 4.96. The van der Waals surface area contributed by atoms with Crippen LogP contribution < -0.4 is 0 Å². The van der Waals surface area contributed by atoms with E-state index in [4.69, 9.17) is 11.6 Å². The molecular weight excluding hydrogens is 462 g/mol. The Morgan fingerprint density at radius 1 is 0.743 bits per heavy atom. The minimum Gasteiger partial charge on any atom is -0.390 e. The number of aliphatic hydroxyl groups excluding tert-OH is 1. The zero-order chi connectivity index (χ0) is 24.4. The smallest absolute Gasteiger partial charge is 0.254 e. The first kappa shape index (κ1) is 23.5. The molecule has 7 heteroatoms. The van der Waals surface area contributed by atoms with Crippen molar-refractivity contribution in [2.24, 2.45) is 0 Å². The van der Waals surface area contributed by atoms with E-state index in [9.17, 15) is 14.7 Å². The summed E-state index contributed by atoms with van der Waals surface area (Å²) in [5.41, 5.74) is 3.22. The van der Waals surface area contributed by atoms with Crippen LogP contribution in [0, 0.1) is 0 Å². The van der Waals surface area contributed by atoms with Gasteiger partial charge in [-0.05, 0) is 41.5 Å². The fourth-order valence-corrected chi connectivity index (χ4v) is 5.16. The lowest BCUT2D eigenvalue weighted by molar-refractivity contribution is 0.0376. The van der Waals surface area contributed by atoms with Crippen LogP contribution in [0.15, 0.2) is 78.9 Å². The number of carbonyl (C=O) groups is 2. The zero-order valence-corrected chi connectivity index (χ0v) is 20.1. The van der Waals surface area contributed by atoms with Crippen LogP contribution in [0.5, 0.6) is 0 Å². The third-order valence-electron chi connectivity index (χ3n) is 6.95. The van der Waals surface area contributed by atoms with Crippen molar-refractivity contribution < 1.29 is 14.7 Å². The van der Waals surface area contributed by atoms with Crippen molar-refractivity contribution in [1.29, 1.82) is 0 Å². The number of carbonyl (C=O) groups excluding carboxylic acids is 2. The Labute approximate surface area is 210 Å². The molecular formula is C28H28ClN3O3. The van der Waals surface area contributed by atoms with Crippen molar-refractivity contribution in [2.75, 3.05) is 39.3 Å². The molecule has 35 heavy (non-hydrogen) atoms. The molecule has 2 atom stereocenters. The predicted octanol–water partition coefficient (Wildman–Crippen LogP) is 3.65. The average molecular weight is 490 g/mol. The Balaban J connectivity index is 1.22. The summed E-state index contributed by atoms with van der Waals surface area (Å²) in [5.74, 6) is -0.0786. The van der Waals surface area contributed by atoms with E-state index in [1.807, 2.05) is 59.5 Å². The van der Waals surface area contributed by atoms with E-state index in [2.05, 4.69) is 4.90 Å². The quantitative estimate of drug-likeness (QED) is 0.607. The number of hydrogen-bond donors (Lipinski definition) is 1. The maximum atomic E-state index is 13.4. The van der Waals surface area contributed by atoms with E-state index in [-0.39, 0.29) is 17.9 Å². The van der Waals surface area contributed by atoms with Gasteiger partial charge in [0.1, 0.15) is 0 Å². The molecule has 0 spiro atoms. The SMILES string of the molecule is O=C(c1ccc(Cl)cc1)N1C[C@H](O)[C@@H](N2CCN(C(=O)c3ccccc3-c3ccccc3)CC2)C1. The summed E-state index contributed by atoms with van der Waals surface area (Å²) in [6.07, 6.45) is -0.618.